The van der Waals surface area contributed by atoms with Crippen molar-refractivity contribution < 1.29 is 14.0 Å². The summed E-state index contributed by atoms with van der Waals surface area (Å²) in [6.07, 6.45) is 1.92. The normalized spacial score (nSPS) is 15.1. The van der Waals surface area contributed by atoms with E-state index in [0.717, 1.165) is 31.5 Å². The van der Waals surface area contributed by atoms with Crippen LogP contribution in [0.4, 0.5) is 0 Å². The Morgan fingerprint density at radius 1 is 1.13 bits per heavy atom. The Labute approximate surface area is 175 Å². The first kappa shape index (κ1) is 20.1. The summed E-state index contributed by atoms with van der Waals surface area (Å²) < 4.78 is 5.84. The molecule has 30 heavy (non-hydrogen) atoms. The molecule has 0 aliphatic carbocycles. The van der Waals surface area contributed by atoms with Crippen LogP contribution in [0.15, 0.2) is 46.9 Å². The molecule has 2 aromatic carbocycles. The first-order valence-corrected chi connectivity index (χ1v) is 10.1. The fourth-order valence-corrected chi connectivity index (χ4v) is 4.00. The van der Waals surface area contributed by atoms with Crippen molar-refractivity contribution >= 4 is 22.9 Å². The van der Waals surface area contributed by atoms with E-state index >= 15 is 0 Å². The van der Waals surface area contributed by atoms with Crippen LogP contribution < -0.4 is 5.73 Å². The second kappa shape index (κ2) is 8.28. The quantitative estimate of drug-likeness (QED) is 0.703. The van der Waals surface area contributed by atoms with E-state index in [1.807, 2.05) is 36.0 Å². The molecule has 0 spiro atoms. The average Bonchev–Trinajstić information content (AvgIpc) is 3.17. The highest BCUT2D eigenvalue weighted by Crippen LogP contribution is 2.31. The number of para-hydroxylation sites is 1. The molecule has 0 saturated carbocycles. The lowest BCUT2D eigenvalue weighted by Crippen LogP contribution is -2.42. The largest absolute Gasteiger partial charge is 0.435 e. The van der Waals surface area contributed by atoms with Gasteiger partial charge >= 0.3 is 0 Å². The summed E-state index contributed by atoms with van der Waals surface area (Å²) in [7, 11) is 3.83. The van der Waals surface area contributed by atoms with Gasteiger partial charge in [0.05, 0.1) is 12.1 Å². The van der Waals surface area contributed by atoms with Crippen molar-refractivity contribution in [3.8, 4) is 11.5 Å². The number of rotatable bonds is 5. The van der Waals surface area contributed by atoms with Gasteiger partial charge in [0.25, 0.3) is 5.91 Å². The van der Waals surface area contributed by atoms with Crippen LogP contribution in [0.3, 0.4) is 0 Å². The minimum atomic E-state index is -0.533. The number of benzene rings is 2. The van der Waals surface area contributed by atoms with E-state index in [1.54, 1.807) is 18.2 Å². The van der Waals surface area contributed by atoms with Gasteiger partial charge in [-0.1, -0.05) is 18.2 Å². The number of carbonyl (C=O) groups is 2. The van der Waals surface area contributed by atoms with Gasteiger partial charge < -0.3 is 20.0 Å². The number of aromatic nitrogens is 1. The maximum Gasteiger partial charge on any atom is 0.252 e. The molecule has 0 bridgehead atoms. The highest BCUT2D eigenvalue weighted by atomic mass is 16.3. The second-order valence-electron chi connectivity index (χ2n) is 8.05. The van der Waals surface area contributed by atoms with Crippen molar-refractivity contribution in [3.05, 3.63) is 53.6 Å². The summed E-state index contributed by atoms with van der Waals surface area (Å²) in [5.41, 5.74) is 8.90. The Hall–Kier alpha value is -3.19. The molecule has 7 heteroatoms. The van der Waals surface area contributed by atoms with E-state index in [4.69, 9.17) is 10.2 Å². The molecule has 156 valence electrons. The van der Waals surface area contributed by atoms with E-state index in [0.29, 0.717) is 35.0 Å². The molecule has 1 fully saturated rings. The van der Waals surface area contributed by atoms with E-state index in [1.165, 1.54) is 5.56 Å². The maximum atomic E-state index is 12.2. The molecule has 1 aromatic heterocycles. The van der Waals surface area contributed by atoms with Crippen LogP contribution in [-0.4, -0.2) is 60.3 Å². The van der Waals surface area contributed by atoms with Crippen molar-refractivity contribution in [3.63, 3.8) is 0 Å². The van der Waals surface area contributed by atoms with Crippen LogP contribution in [0, 0.1) is 0 Å². The van der Waals surface area contributed by atoms with Crippen molar-refractivity contribution in [1.29, 1.82) is 0 Å². The smallest absolute Gasteiger partial charge is 0.252 e. The van der Waals surface area contributed by atoms with Crippen molar-refractivity contribution in [2.24, 2.45) is 5.73 Å². The molecule has 1 saturated heterocycles. The highest BCUT2D eigenvalue weighted by Gasteiger charge is 2.24. The minimum Gasteiger partial charge on any atom is -0.435 e. The van der Waals surface area contributed by atoms with Crippen LogP contribution in [-0.2, 0) is 4.79 Å². The number of carbonyl (C=O) groups excluding carboxylic acids is 2. The van der Waals surface area contributed by atoms with Gasteiger partial charge in [-0.25, -0.2) is 4.98 Å². The summed E-state index contributed by atoms with van der Waals surface area (Å²) >= 11 is 0. The number of oxazole rings is 1. The molecule has 0 radical (unpaired) electrons. The van der Waals surface area contributed by atoms with Gasteiger partial charge in [-0.2, -0.15) is 0 Å². The molecule has 2 N–H and O–H groups in total. The average molecular weight is 406 g/mol. The lowest BCUT2D eigenvalue weighted by Gasteiger charge is -2.33. The molecule has 1 aliphatic heterocycles. The molecule has 2 amide bonds. The Bertz CT molecular complexity index is 1060. The molecule has 7 nitrogen and oxygen atoms in total. The van der Waals surface area contributed by atoms with Crippen molar-refractivity contribution in [1.82, 2.24) is 14.8 Å². The lowest BCUT2D eigenvalue weighted by molar-refractivity contribution is -0.132. The number of likely N-dealkylation sites (tertiary alicyclic amines) is 1. The maximum absolute atomic E-state index is 12.2. The zero-order valence-corrected chi connectivity index (χ0v) is 17.3. The fraction of sp³-hybridized carbons (Fsp3) is 0.348. The second-order valence-corrected chi connectivity index (χ2v) is 8.05. The molecule has 0 atom stereocenters. The third-order valence-corrected chi connectivity index (χ3v) is 5.61. The van der Waals surface area contributed by atoms with Crippen LogP contribution in [0.2, 0.25) is 0 Å². The Morgan fingerprint density at radius 2 is 1.83 bits per heavy atom. The Kier molecular flexibility index (Phi) is 5.55. The van der Waals surface area contributed by atoms with Crippen molar-refractivity contribution in [2.45, 2.75) is 18.8 Å². The molecule has 0 unspecified atom stereocenters. The molecular weight excluding hydrogens is 380 g/mol. The van der Waals surface area contributed by atoms with Crippen molar-refractivity contribution in [2.75, 3.05) is 33.7 Å². The van der Waals surface area contributed by atoms with Crippen LogP contribution >= 0.6 is 0 Å². The Morgan fingerprint density at radius 3 is 2.47 bits per heavy atom. The van der Waals surface area contributed by atoms with Gasteiger partial charge in [-0.3, -0.25) is 9.59 Å². The number of nitrogens with two attached hydrogens (primary N) is 1. The molecule has 3 aromatic rings. The zero-order chi connectivity index (χ0) is 21.3. The molecular formula is C23H26N4O3. The summed E-state index contributed by atoms with van der Waals surface area (Å²) in [6.45, 7) is 2.04. The van der Waals surface area contributed by atoms with Crippen LogP contribution in [0.25, 0.3) is 22.6 Å². The zero-order valence-electron chi connectivity index (χ0n) is 17.3. The first-order chi connectivity index (χ1) is 14.4. The number of primary amides is 1. The van der Waals surface area contributed by atoms with Crippen LogP contribution in [0.5, 0.6) is 0 Å². The highest BCUT2D eigenvalue weighted by molar-refractivity contribution is 6.03. The predicted molar refractivity (Wildman–Crippen MR) is 115 cm³/mol. The topological polar surface area (TPSA) is 92.7 Å². The number of nitrogens with zero attached hydrogens (tertiary/aromatic N) is 3. The minimum absolute atomic E-state index is 0.195. The van der Waals surface area contributed by atoms with Gasteiger partial charge in [-0.05, 0) is 62.7 Å². The number of likely N-dealkylation sites (N-methyl/N-ethyl adjacent to an activating group) is 1. The Balaban J connectivity index is 1.46. The standard InChI is InChI=1S/C23H26N4O3/c1-26(2)14-20(28)27-12-10-16(11-13-27)15-6-8-17(9-7-15)23-25-19-5-3-4-18(22(24)29)21(19)30-23/h3-9,16H,10-14H2,1-2H3,(H2,24,29). The summed E-state index contributed by atoms with van der Waals surface area (Å²) in [5, 5.41) is 0. The number of hydrogen-bond acceptors (Lipinski definition) is 5. The monoisotopic (exact) mass is 406 g/mol. The van der Waals surface area contributed by atoms with E-state index < -0.39 is 5.91 Å². The van der Waals surface area contributed by atoms with E-state index in [-0.39, 0.29) is 5.91 Å². The number of piperidine rings is 1. The lowest BCUT2D eigenvalue weighted by atomic mass is 9.89. The van der Waals surface area contributed by atoms with Gasteiger partial charge in [-0.15, -0.1) is 0 Å². The summed E-state index contributed by atoms with van der Waals surface area (Å²) in [5.74, 6) is 0.566. The van der Waals surface area contributed by atoms with Crippen LogP contribution in [0.1, 0.15) is 34.7 Å². The molecule has 4 rings (SSSR count). The summed E-state index contributed by atoms with van der Waals surface area (Å²) in [6, 6.07) is 13.4. The predicted octanol–water partition coefficient (Wildman–Crippen LogP) is 2.86. The number of hydrogen-bond donors (Lipinski definition) is 1. The molecule has 2 heterocycles. The van der Waals surface area contributed by atoms with Gasteiger partial charge in [0.2, 0.25) is 11.8 Å². The fourth-order valence-electron chi connectivity index (χ4n) is 4.00. The van der Waals surface area contributed by atoms with E-state index in [9.17, 15) is 9.59 Å². The molecule has 1 aliphatic rings. The first-order valence-electron chi connectivity index (χ1n) is 10.1. The third kappa shape index (κ3) is 4.07. The third-order valence-electron chi connectivity index (χ3n) is 5.61. The number of amides is 2. The number of fused-ring (bicyclic) bond motifs is 1. The van der Waals surface area contributed by atoms with Gasteiger partial charge in [0, 0.05) is 18.7 Å². The summed E-state index contributed by atoms with van der Waals surface area (Å²) in [4.78, 5) is 32.2. The SMILES string of the molecule is CN(C)CC(=O)N1CCC(c2ccc(-c3nc4cccc(C(N)=O)c4o3)cc2)CC1. The van der Waals surface area contributed by atoms with E-state index in [2.05, 4.69) is 17.1 Å². The van der Waals surface area contributed by atoms with Gasteiger partial charge in [0.1, 0.15) is 5.52 Å². The van der Waals surface area contributed by atoms with Gasteiger partial charge in [0.15, 0.2) is 5.58 Å².